The van der Waals surface area contributed by atoms with Crippen LogP contribution in [0.15, 0.2) is 28.9 Å². The van der Waals surface area contributed by atoms with Crippen LogP contribution in [0, 0.1) is 5.41 Å². The van der Waals surface area contributed by atoms with Crippen molar-refractivity contribution < 1.29 is 14.7 Å². The molecule has 1 aliphatic carbocycles. The Balaban J connectivity index is 2.52. The monoisotopic (exact) mass is 276 g/mol. The summed E-state index contributed by atoms with van der Waals surface area (Å²) in [6.07, 6.45) is 6.49. The van der Waals surface area contributed by atoms with Gasteiger partial charge >= 0.3 is 5.97 Å². The van der Waals surface area contributed by atoms with Gasteiger partial charge in [-0.05, 0) is 11.5 Å². The third kappa shape index (κ3) is 2.66. The highest BCUT2D eigenvalue weighted by Crippen LogP contribution is 2.31. The first kappa shape index (κ1) is 14.5. The number of aliphatic imine (C=N–C) groups is 1. The summed E-state index contributed by atoms with van der Waals surface area (Å²) >= 11 is 0. The fourth-order valence-electron chi connectivity index (χ4n) is 2.60. The van der Waals surface area contributed by atoms with Gasteiger partial charge in [0.05, 0.1) is 11.4 Å². The zero-order chi connectivity index (χ0) is 14.9. The molecule has 2 aliphatic rings. The van der Waals surface area contributed by atoms with Crippen molar-refractivity contribution in [2.75, 3.05) is 6.54 Å². The van der Waals surface area contributed by atoms with Gasteiger partial charge in [-0.1, -0.05) is 32.9 Å². The predicted octanol–water partition coefficient (Wildman–Crippen LogP) is 2.00. The fraction of sp³-hybridized carbons (Fsp3) is 0.533. The Morgan fingerprint density at radius 2 is 2.15 bits per heavy atom. The van der Waals surface area contributed by atoms with E-state index in [9.17, 15) is 14.7 Å². The van der Waals surface area contributed by atoms with Gasteiger partial charge < -0.3 is 5.11 Å². The zero-order valence-corrected chi connectivity index (χ0v) is 12.1. The van der Waals surface area contributed by atoms with E-state index in [4.69, 9.17) is 0 Å². The van der Waals surface area contributed by atoms with Crippen molar-refractivity contribution in [1.29, 1.82) is 0 Å². The molecule has 5 heteroatoms. The lowest BCUT2D eigenvalue weighted by atomic mass is 9.84. The molecule has 1 N–H and O–H groups in total. The molecule has 0 aromatic carbocycles. The molecule has 0 saturated heterocycles. The highest BCUT2D eigenvalue weighted by Gasteiger charge is 2.42. The van der Waals surface area contributed by atoms with Crippen LogP contribution in [0.3, 0.4) is 0 Å². The van der Waals surface area contributed by atoms with E-state index in [1.54, 1.807) is 6.08 Å². The normalized spacial score (nSPS) is 20.8. The number of aliphatic carboxylic acids is 1. The second-order valence-corrected chi connectivity index (χ2v) is 6.13. The van der Waals surface area contributed by atoms with Crippen LogP contribution >= 0.6 is 0 Å². The van der Waals surface area contributed by atoms with Gasteiger partial charge in [-0.2, -0.15) is 0 Å². The summed E-state index contributed by atoms with van der Waals surface area (Å²) in [6.45, 7) is 5.92. The molecule has 0 fully saturated rings. The first-order valence-corrected chi connectivity index (χ1v) is 6.78. The second kappa shape index (κ2) is 5.23. The highest BCUT2D eigenvalue weighted by atomic mass is 16.4. The van der Waals surface area contributed by atoms with Crippen LogP contribution in [0.1, 0.15) is 33.6 Å². The maximum atomic E-state index is 12.4. The number of rotatable bonds is 2. The minimum absolute atomic E-state index is 0.173. The van der Waals surface area contributed by atoms with E-state index in [-0.39, 0.29) is 12.3 Å². The third-order valence-corrected chi connectivity index (χ3v) is 3.47. The molecule has 1 amide bonds. The Labute approximate surface area is 118 Å². The molecule has 0 radical (unpaired) electrons. The number of amides is 1. The quantitative estimate of drug-likeness (QED) is 0.838. The van der Waals surface area contributed by atoms with E-state index in [1.165, 1.54) is 4.90 Å². The number of hydrogen-bond donors (Lipinski definition) is 1. The molecule has 5 nitrogen and oxygen atoms in total. The van der Waals surface area contributed by atoms with Gasteiger partial charge in [0, 0.05) is 19.4 Å². The molecule has 1 atom stereocenters. The van der Waals surface area contributed by atoms with E-state index in [0.29, 0.717) is 18.7 Å². The van der Waals surface area contributed by atoms with Crippen molar-refractivity contribution >= 4 is 17.6 Å². The molecular formula is C15H20N2O3. The number of carbonyl (C=O) groups excluding carboxylic acids is 1. The number of carboxylic acid groups (broad SMARTS) is 1. The molecule has 0 aromatic rings. The minimum Gasteiger partial charge on any atom is -0.480 e. The van der Waals surface area contributed by atoms with E-state index in [2.05, 4.69) is 4.99 Å². The first-order valence-electron chi connectivity index (χ1n) is 6.78. The van der Waals surface area contributed by atoms with Crippen LogP contribution in [-0.2, 0) is 9.59 Å². The summed E-state index contributed by atoms with van der Waals surface area (Å²) in [5.74, 6) is -1.16. The van der Waals surface area contributed by atoms with Gasteiger partial charge in [0.25, 0.3) is 0 Å². The molecule has 0 aromatic heterocycles. The average molecular weight is 276 g/mol. The molecule has 0 bridgehead atoms. The fourth-order valence-corrected chi connectivity index (χ4v) is 2.60. The Kier molecular flexibility index (Phi) is 3.79. The Morgan fingerprint density at radius 3 is 2.75 bits per heavy atom. The van der Waals surface area contributed by atoms with Crippen LogP contribution in [0.2, 0.25) is 0 Å². The van der Waals surface area contributed by atoms with Gasteiger partial charge in [-0.3, -0.25) is 14.7 Å². The van der Waals surface area contributed by atoms with Gasteiger partial charge in [0.15, 0.2) is 0 Å². The third-order valence-electron chi connectivity index (χ3n) is 3.47. The summed E-state index contributed by atoms with van der Waals surface area (Å²) in [7, 11) is 0. The van der Waals surface area contributed by atoms with Crippen LogP contribution in [0.4, 0.5) is 0 Å². The first-order chi connectivity index (χ1) is 9.32. The number of hydrogen-bond acceptors (Lipinski definition) is 3. The van der Waals surface area contributed by atoms with E-state index in [0.717, 1.165) is 5.71 Å². The van der Waals surface area contributed by atoms with Crippen molar-refractivity contribution in [3.8, 4) is 0 Å². The summed E-state index contributed by atoms with van der Waals surface area (Å²) in [6, 6.07) is -0.893. The molecule has 2 rings (SSSR count). The Hall–Kier alpha value is -1.91. The Morgan fingerprint density at radius 1 is 1.45 bits per heavy atom. The molecule has 1 heterocycles. The number of carbonyl (C=O) groups is 2. The van der Waals surface area contributed by atoms with Crippen LogP contribution in [0.25, 0.3) is 0 Å². The summed E-state index contributed by atoms with van der Waals surface area (Å²) in [5, 5.41) is 9.58. The molecular weight excluding hydrogens is 256 g/mol. The van der Waals surface area contributed by atoms with Crippen LogP contribution in [0.5, 0.6) is 0 Å². The highest BCUT2D eigenvalue weighted by molar-refractivity contribution is 6.06. The number of fused-ring (bicyclic) bond motifs is 1. The summed E-state index contributed by atoms with van der Waals surface area (Å²) in [4.78, 5) is 29.9. The zero-order valence-electron chi connectivity index (χ0n) is 12.1. The predicted molar refractivity (Wildman–Crippen MR) is 76.5 cm³/mol. The Bertz CT molecular complexity index is 524. The number of nitrogens with zero attached hydrogens (tertiary/aromatic N) is 2. The van der Waals surface area contributed by atoms with E-state index < -0.39 is 17.4 Å². The molecule has 1 unspecified atom stereocenters. The smallest absolute Gasteiger partial charge is 0.327 e. The lowest BCUT2D eigenvalue weighted by Gasteiger charge is -2.38. The summed E-state index contributed by atoms with van der Waals surface area (Å²) < 4.78 is 0. The van der Waals surface area contributed by atoms with Crippen LogP contribution in [-0.4, -0.2) is 40.2 Å². The number of carboxylic acids is 1. The second-order valence-electron chi connectivity index (χ2n) is 6.13. The van der Waals surface area contributed by atoms with Crippen LogP contribution < -0.4 is 0 Å². The lowest BCUT2D eigenvalue weighted by molar-refractivity contribution is -0.152. The topological polar surface area (TPSA) is 70.0 Å². The molecule has 1 aliphatic heterocycles. The summed E-state index contributed by atoms with van der Waals surface area (Å²) in [5.41, 5.74) is 0.880. The maximum Gasteiger partial charge on any atom is 0.327 e. The number of allylic oxidation sites excluding steroid dienone is 4. The lowest BCUT2D eigenvalue weighted by Crippen LogP contribution is -2.52. The van der Waals surface area contributed by atoms with E-state index in [1.807, 2.05) is 32.9 Å². The average Bonchev–Trinajstić information content (AvgIpc) is 2.48. The molecule has 20 heavy (non-hydrogen) atoms. The van der Waals surface area contributed by atoms with Crippen molar-refractivity contribution in [2.24, 2.45) is 10.4 Å². The molecule has 0 saturated carbocycles. The van der Waals surface area contributed by atoms with E-state index >= 15 is 0 Å². The van der Waals surface area contributed by atoms with Gasteiger partial charge in [0.1, 0.15) is 6.04 Å². The maximum absolute atomic E-state index is 12.4. The van der Waals surface area contributed by atoms with Gasteiger partial charge in [-0.25, -0.2) is 4.79 Å². The molecule has 0 spiro atoms. The van der Waals surface area contributed by atoms with Crippen molar-refractivity contribution in [3.05, 3.63) is 23.9 Å². The largest absolute Gasteiger partial charge is 0.480 e. The van der Waals surface area contributed by atoms with Gasteiger partial charge in [-0.15, -0.1) is 0 Å². The molecule has 108 valence electrons. The SMILES string of the molecule is CC(C)(C)C(C(=O)O)N1C(=O)CCN=C2CC=CC=C21. The van der Waals surface area contributed by atoms with Crippen molar-refractivity contribution in [2.45, 2.75) is 39.7 Å². The standard InChI is InChI=1S/C15H20N2O3/c1-15(2,3)13(14(19)20)17-11-7-5-4-6-10(11)16-9-8-12(17)18/h4-5,7,13H,6,8-9H2,1-3H3,(H,19,20). The van der Waals surface area contributed by atoms with Crippen molar-refractivity contribution in [1.82, 2.24) is 4.90 Å². The van der Waals surface area contributed by atoms with Crippen molar-refractivity contribution in [3.63, 3.8) is 0 Å². The van der Waals surface area contributed by atoms with Gasteiger partial charge in [0.2, 0.25) is 5.91 Å². The minimum atomic E-state index is -0.984.